The van der Waals surface area contributed by atoms with E-state index in [-0.39, 0.29) is 11.3 Å². The summed E-state index contributed by atoms with van der Waals surface area (Å²) < 4.78 is 0. The topological polar surface area (TPSA) is 29.1 Å². The number of amides is 1. The summed E-state index contributed by atoms with van der Waals surface area (Å²) >= 11 is 0. The quantitative estimate of drug-likeness (QED) is 0.615. The standard InChI is InChI=1S/C10H18BNO/c1-10(12-9(11)13)7-5-3-2-4-6-8-10/h2-8H2,1H3,(H,12,13). The Morgan fingerprint density at radius 2 is 1.62 bits per heavy atom. The molecule has 0 aliphatic heterocycles. The lowest BCUT2D eigenvalue weighted by Gasteiger charge is -2.32. The van der Waals surface area contributed by atoms with Gasteiger partial charge in [0.25, 0.3) is 0 Å². The fraction of sp³-hybridized carbons (Fsp3) is 0.900. The van der Waals surface area contributed by atoms with Crippen LogP contribution >= 0.6 is 0 Å². The van der Waals surface area contributed by atoms with Gasteiger partial charge in [0.1, 0.15) is 0 Å². The van der Waals surface area contributed by atoms with Crippen molar-refractivity contribution >= 4 is 13.7 Å². The average Bonchev–Trinajstić information content (AvgIpc) is 1.97. The SMILES string of the molecule is [B]C(=O)NC1(C)CCCCCCC1. The van der Waals surface area contributed by atoms with Crippen LogP contribution < -0.4 is 5.32 Å². The molecule has 1 rings (SSSR count). The highest BCUT2D eigenvalue weighted by molar-refractivity contribution is 6.57. The van der Waals surface area contributed by atoms with Gasteiger partial charge in [-0.25, -0.2) is 0 Å². The second-order valence-corrected chi connectivity index (χ2v) is 4.32. The summed E-state index contributed by atoms with van der Waals surface area (Å²) in [6.45, 7) is 2.10. The molecule has 0 aromatic heterocycles. The Morgan fingerprint density at radius 3 is 2.08 bits per heavy atom. The van der Waals surface area contributed by atoms with Crippen LogP contribution in [0, 0.1) is 0 Å². The second kappa shape index (κ2) is 4.68. The molecule has 72 valence electrons. The highest BCUT2D eigenvalue weighted by Gasteiger charge is 2.24. The van der Waals surface area contributed by atoms with Gasteiger partial charge >= 0.3 is 0 Å². The molecule has 1 saturated carbocycles. The van der Waals surface area contributed by atoms with Gasteiger partial charge in [-0.05, 0) is 19.8 Å². The first-order chi connectivity index (χ1) is 6.12. The molecular weight excluding hydrogens is 161 g/mol. The van der Waals surface area contributed by atoms with Gasteiger partial charge in [-0.3, -0.25) is 4.79 Å². The van der Waals surface area contributed by atoms with Gasteiger partial charge in [0, 0.05) is 5.54 Å². The zero-order chi connectivity index (χ0) is 9.73. The fourth-order valence-corrected chi connectivity index (χ4v) is 2.11. The summed E-state index contributed by atoms with van der Waals surface area (Å²) in [5.41, 5.74) is -0.0494. The smallest absolute Gasteiger partial charge is 0.200 e. The van der Waals surface area contributed by atoms with E-state index < -0.39 is 0 Å². The van der Waals surface area contributed by atoms with Crippen molar-refractivity contribution in [3.63, 3.8) is 0 Å². The first-order valence-corrected chi connectivity index (χ1v) is 5.20. The van der Waals surface area contributed by atoms with Crippen molar-refractivity contribution in [2.75, 3.05) is 0 Å². The molecule has 1 fully saturated rings. The summed E-state index contributed by atoms with van der Waals surface area (Å²) in [5, 5.41) is 2.86. The van der Waals surface area contributed by atoms with E-state index >= 15 is 0 Å². The first kappa shape index (κ1) is 10.6. The van der Waals surface area contributed by atoms with Crippen LogP contribution in [0.25, 0.3) is 0 Å². The van der Waals surface area contributed by atoms with Gasteiger partial charge in [-0.2, -0.15) is 0 Å². The Balaban J connectivity index is 2.46. The third kappa shape index (κ3) is 3.84. The number of rotatable bonds is 1. The maximum Gasteiger partial charge on any atom is 0.200 e. The lowest BCUT2D eigenvalue weighted by atomic mass is 9.85. The Kier molecular flexibility index (Phi) is 3.82. The number of carbonyl (C=O) groups is 1. The van der Waals surface area contributed by atoms with Gasteiger partial charge < -0.3 is 5.32 Å². The molecule has 2 radical (unpaired) electrons. The molecule has 1 aliphatic rings. The summed E-state index contributed by atoms with van der Waals surface area (Å²) in [6.07, 6.45) is 8.46. The molecule has 0 heterocycles. The number of hydrogen-bond acceptors (Lipinski definition) is 1. The molecule has 0 atom stereocenters. The molecule has 2 nitrogen and oxygen atoms in total. The highest BCUT2D eigenvalue weighted by Crippen LogP contribution is 2.25. The van der Waals surface area contributed by atoms with Crippen LogP contribution in [0.1, 0.15) is 51.9 Å². The van der Waals surface area contributed by atoms with Gasteiger partial charge in [-0.15, -0.1) is 0 Å². The third-order valence-electron chi connectivity index (χ3n) is 2.88. The summed E-state index contributed by atoms with van der Waals surface area (Å²) in [7, 11) is 5.15. The minimum Gasteiger partial charge on any atom is -0.361 e. The molecule has 0 bridgehead atoms. The van der Waals surface area contributed by atoms with E-state index in [1.807, 2.05) is 0 Å². The summed E-state index contributed by atoms with van der Waals surface area (Å²) in [5.74, 6) is -0.386. The van der Waals surface area contributed by atoms with Crippen LogP contribution in [0.3, 0.4) is 0 Å². The maximum atomic E-state index is 10.8. The lowest BCUT2D eigenvalue weighted by Crippen LogP contribution is -2.45. The molecule has 0 saturated heterocycles. The minimum absolute atomic E-state index is 0.0494. The van der Waals surface area contributed by atoms with Crippen LogP contribution in [0.2, 0.25) is 0 Å². The van der Waals surface area contributed by atoms with Gasteiger partial charge in [-0.1, -0.05) is 32.1 Å². The average molecular weight is 179 g/mol. The van der Waals surface area contributed by atoms with Crippen molar-refractivity contribution in [3.8, 4) is 0 Å². The zero-order valence-corrected chi connectivity index (χ0v) is 8.44. The number of hydrogen-bond donors (Lipinski definition) is 1. The number of carbonyl (C=O) groups excluding carboxylic acids is 1. The van der Waals surface area contributed by atoms with Crippen molar-refractivity contribution in [3.05, 3.63) is 0 Å². The van der Waals surface area contributed by atoms with Crippen molar-refractivity contribution in [1.29, 1.82) is 0 Å². The lowest BCUT2D eigenvalue weighted by molar-refractivity contribution is 0.235. The summed E-state index contributed by atoms with van der Waals surface area (Å²) in [6, 6.07) is 0. The molecule has 13 heavy (non-hydrogen) atoms. The predicted molar refractivity (Wildman–Crippen MR) is 55.0 cm³/mol. The molecule has 0 unspecified atom stereocenters. The molecule has 0 spiro atoms. The third-order valence-corrected chi connectivity index (χ3v) is 2.88. The predicted octanol–water partition coefficient (Wildman–Crippen LogP) is 2.37. The van der Waals surface area contributed by atoms with Crippen molar-refractivity contribution in [2.45, 2.75) is 57.4 Å². The summed E-state index contributed by atoms with van der Waals surface area (Å²) in [4.78, 5) is 10.8. The van der Waals surface area contributed by atoms with Crippen molar-refractivity contribution < 1.29 is 4.79 Å². The van der Waals surface area contributed by atoms with Gasteiger partial charge in [0.05, 0.1) is 0 Å². The maximum absolute atomic E-state index is 10.8. The van der Waals surface area contributed by atoms with Crippen molar-refractivity contribution in [1.82, 2.24) is 5.32 Å². The molecule has 0 aromatic rings. The van der Waals surface area contributed by atoms with E-state index in [2.05, 4.69) is 12.2 Å². The van der Waals surface area contributed by atoms with E-state index in [0.717, 1.165) is 12.8 Å². The molecule has 0 aromatic carbocycles. The van der Waals surface area contributed by atoms with Crippen LogP contribution in [0.5, 0.6) is 0 Å². The normalized spacial score (nSPS) is 22.8. The fourth-order valence-electron chi connectivity index (χ4n) is 2.11. The van der Waals surface area contributed by atoms with Crippen LogP contribution in [-0.4, -0.2) is 19.2 Å². The second-order valence-electron chi connectivity index (χ2n) is 4.32. The monoisotopic (exact) mass is 179 g/mol. The molecule has 1 amide bonds. The molecule has 1 N–H and O–H groups in total. The Labute approximate surface area is 81.9 Å². The van der Waals surface area contributed by atoms with Gasteiger partial charge in [0.15, 0.2) is 5.81 Å². The minimum atomic E-state index is -0.386. The van der Waals surface area contributed by atoms with E-state index in [9.17, 15) is 4.79 Å². The van der Waals surface area contributed by atoms with Gasteiger partial charge in [0.2, 0.25) is 7.85 Å². The van der Waals surface area contributed by atoms with E-state index in [0.29, 0.717) is 0 Å². The largest absolute Gasteiger partial charge is 0.361 e. The highest BCUT2D eigenvalue weighted by atomic mass is 16.1. The van der Waals surface area contributed by atoms with Crippen LogP contribution in [0.4, 0.5) is 4.79 Å². The van der Waals surface area contributed by atoms with Crippen LogP contribution in [0.15, 0.2) is 0 Å². The van der Waals surface area contributed by atoms with Crippen molar-refractivity contribution in [2.24, 2.45) is 0 Å². The molecule has 3 heteroatoms. The van der Waals surface area contributed by atoms with E-state index in [1.54, 1.807) is 0 Å². The van der Waals surface area contributed by atoms with E-state index in [4.69, 9.17) is 7.85 Å². The zero-order valence-electron chi connectivity index (χ0n) is 8.44. The molecule has 1 aliphatic carbocycles. The molecular formula is C10H18BNO. The number of nitrogens with one attached hydrogen (secondary N) is 1. The Morgan fingerprint density at radius 1 is 1.15 bits per heavy atom. The Bertz CT molecular complexity index is 174. The first-order valence-electron chi connectivity index (χ1n) is 5.20. The Hall–Kier alpha value is -0.465. The van der Waals surface area contributed by atoms with E-state index in [1.165, 1.54) is 32.1 Å². The van der Waals surface area contributed by atoms with Crippen LogP contribution in [-0.2, 0) is 0 Å².